The van der Waals surface area contributed by atoms with E-state index in [4.69, 9.17) is 0 Å². The van der Waals surface area contributed by atoms with Gasteiger partial charge in [0, 0.05) is 48.6 Å². The van der Waals surface area contributed by atoms with Crippen molar-refractivity contribution in [1.82, 2.24) is 0 Å². The highest BCUT2D eigenvalue weighted by atomic mass is 32.2. The van der Waals surface area contributed by atoms with Gasteiger partial charge in [-0.15, -0.1) is 0 Å². The number of carbonyl (C=O) groups excluding carboxylic acids is 1. The number of phenolic OH excluding ortho intramolecular Hbond substituents is 1. The molecule has 2 heterocycles. The third-order valence-corrected chi connectivity index (χ3v) is 6.13. The molecule has 2 aliphatic heterocycles. The quantitative estimate of drug-likeness (QED) is 0.413. The molecule has 1 unspecified atom stereocenters. The van der Waals surface area contributed by atoms with Gasteiger partial charge in [-0.3, -0.25) is 13.3 Å². The summed E-state index contributed by atoms with van der Waals surface area (Å²) in [5.41, 5.74) is 3.51. The molecular formula is C19H27N2O5S-. The summed E-state index contributed by atoms with van der Waals surface area (Å²) >= 11 is -2.46. The summed E-state index contributed by atoms with van der Waals surface area (Å²) in [4.78, 5) is 13.5. The van der Waals surface area contributed by atoms with Crippen LogP contribution in [0.2, 0.25) is 0 Å². The van der Waals surface area contributed by atoms with E-state index in [0.29, 0.717) is 24.9 Å². The molecule has 1 aromatic carbocycles. The standard InChI is InChI=1S/C19H28N2O5S/c1-26-17(22)9-3-2-4-12-21(27(24)25)16-13-14-7-5-10-20-11-6-8-15(18(14)20)19(16)23/h13,23H,2-12H2,1H3,(H,24,25)/p-1. The van der Waals surface area contributed by atoms with E-state index in [1.807, 2.05) is 6.07 Å². The van der Waals surface area contributed by atoms with Gasteiger partial charge < -0.3 is 19.3 Å². The van der Waals surface area contributed by atoms with Gasteiger partial charge in [-0.2, -0.15) is 0 Å². The summed E-state index contributed by atoms with van der Waals surface area (Å²) in [6, 6.07) is 1.84. The van der Waals surface area contributed by atoms with Gasteiger partial charge in [-0.1, -0.05) is 6.42 Å². The molecular weight excluding hydrogens is 368 g/mol. The molecule has 0 aromatic heterocycles. The average Bonchev–Trinajstić information content (AvgIpc) is 2.67. The normalized spacial score (nSPS) is 16.6. The van der Waals surface area contributed by atoms with Gasteiger partial charge in [0.25, 0.3) is 0 Å². The largest absolute Gasteiger partial charge is 0.755 e. The van der Waals surface area contributed by atoms with Gasteiger partial charge >= 0.3 is 5.97 Å². The highest BCUT2D eigenvalue weighted by Crippen LogP contribution is 2.45. The van der Waals surface area contributed by atoms with Crippen molar-refractivity contribution in [1.29, 1.82) is 0 Å². The fourth-order valence-corrected chi connectivity index (χ4v) is 4.67. The summed E-state index contributed by atoms with van der Waals surface area (Å²) in [5, 5.41) is 10.8. The number of unbranched alkanes of at least 4 members (excludes halogenated alkanes) is 2. The molecule has 0 amide bonds. The van der Waals surface area contributed by atoms with Crippen LogP contribution in [-0.2, 0) is 33.6 Å². The molecule has 0 bridgehead atoms. The maximum atomic E-state index is 11.8. The summed E-state index contributed by atoms with van der Waals surface area (Å²) in [5.74, 6) is -0.158. The molecule has 27 heavy (non-hydrogen) atoms. The zero-order valence-electron chi connectivity index (χ0n) is 15.7. The van der Waals surface area contributed by atoms with Gasteiger partial charge in [-0.25, -0.2) is 0 Å². The maximum Gasteiger partial charge on any atom is 0.305 e. The number of phenols is 1. The summed E-state index contributed by atoms with van der Waals surface area (Å²) in [6.07, 6.45) is 6.02. The summed E-state index contributed by atoms with van der Waals surface area (Å²) < 4.78 is 29.5. The van der Waals surface area contributed by atoms with Crippen LogP contribution in [0.4, 0.5) is 11.4 Å². The van der Waals surface area contributed by atoms with Crippen LogP contribution in [0.5, 0.6) is 5.75 Å². The van der Waals surface area contributed by atoms with Crippen LogP contribution < -0.4 is 9.21 Å². The molecule has 0 saturated carbocycles. The number of methoxy groups -OCH3 is 1. The van der Waals surface area contributed by atoms with Gasteiger partial charge in [0.1, 0.15) is 5.75 Å². The molecule has 0 aliphatic carbocycles. The minimum atomic E-state index is -2.46. The summed E-state index contributed by atoms with van der Waals surface area (Å²) in [6.45, 7) is 2.28. The van der Waals surface area contributed by atoms with Gasteiger partial charge in [0.05, 0.1) is 12.8 Å². The van der Waals surface area contributed by atoms with Crippen molar-refractivity contribution in [2.45, 2.75) is 51.4 Å². The van der Waals surface area contributed by atoms with E-state index >= 15 is 0 Å². The minimum Gasteiger partial charge on any atom is -0.755 e. The van der Waals surface area contributed by atoms with Crippen LogP contribution in [0, 0.1) is 0 Å². The first-order chi connectivity index (χ1) is 13.0. The Hall–Kier alpha value is -1.80. The molecule has 7 nitrogen and oxygen atoms in total. The molecule has 0 fully saturated rings. The second kappa shape index (κ2) is 8.93. The molecule has 3 rings (SSSR count). The van der Waals surface area contributed by atoms with E-state index in [2.05, 4.69) is 9.64 Å². The van der Waals surface area contributed by atoms with Gasteiger partial charge in [0.2, 0.25) is 0 Å². The first-order valence-corrected chi connectivity index (χ1v) is 10.6. The molecule has 0 spiro atoms. The first-order valence-electron chi connectivity index (χ1n) is 9.59. The minimum absolute atomic E-state index is 0.0964. The SMILES string of the molecule is COC(=O)CCCCCN(c1cc2c3c(c1O)CCCN3CCC2)S(=O)[O-]. The Kier molecular flexibility index (Phi) is 6.59. The van der Waals surface area contributed by atoms with E-state index in [1.54, 1.807) is 0 Å². The third-order valence-electron chi connectivity index (χ3n) is 5.39. The second-order valence-corrected chi connectivity index (χ2v) is 8.01. The number of aromatic hydroxyl groups is 1. The molecule has 2 aliphatic rings. The molecule has 150 valence electrons. The van der Waals surface area contributed by atoms with Crippen LogP contribution in [0.3, 0.4) is 0 Å². The lowest BCUT2D eigenvalue weighted by Gasteiger charge is -2.39. The van der Waals surface area contributed by atoms with E-state index in [9.17, 15) is 18.7 Å². The smallest absolute Gasteiger partial charge is 0.305 e. The first kappa shape index (κ1) is 19.9. The number of rotatable bonds is 8. The monoisotopic (exact) mass is 395 g/mol. The zero-order chi connectivity index (χ0) is 19.4. The second-order valence-electron chi connectivity index (χ2n) is 7.13. The highest BCUT2D eigenvalue weighted by molar-refractivity contribution is 7.80. The maximum absolute atomic E-state index is 11.8. The van der Waals surface area contributed by atoms with E-state index in [0.717, 1.165) is 62.0 Å². The van der Waals surface area contributed by atoms with Crippen molar-refractivity contribution in [3.05, 3.63) is 17.2 Å². The Bertz CT molecular complexity index is 723. The van der Waals surface area contributed by atoms with Crippen molar-refractivity contribution < 1.29 is 23.4 Å². The highest BCUT2D eigenvalue weighted by Gasteiger charge is 2.29. The van der Waals surface area contributed by atoms with Crippen LogP contribution in [-0.4, -0.2) is 46.6 Å². The zero-order valence-corrected chi connectivity index (χ0v) is 16.6. The molecule has 1 aromatic rings. The van der Waals surface area contributed by atoms with Crippen molar-refractivity contribution in [2.24, 2.45) is 0 Å². The number of benzene rings is 1. The third kappa shape index (κ3) is 4.38. The Morgan fingerprint density at radius 3 is 2.74 bits per heavy atom. The predicted octanol–water partition coefficient (Wildman–Crippen LogP) is 2.42. The number of anilines is 2. The lowest BCUT2D eigenvalue weighted by Crippen LogP contribution is -2.35. The van der Waals surface area contributed by atoms with Crippen LogP contribution in [0.1, 0.15) is 49.7 Å². The Morgan fingerprint density at radius 2 is 2.04 bits per heavy atom. The number of hydrogen-bond acceptors (Lipinski definition) is 6. The molecule has 0 saturated heterocycles. The average molecular weight is 396 g/mol. The van der Waals surface area contributed by atoms with Gasteiger partial charge in [-0.05, 0) is 50.2 Å². The molecule has 0 radical (unpaired) electrons. The Morgan fingerprint density at radius 1 is 1.30 bits per heavy atom. The summed E-state index contributed by atoms with van der Waals surface area (Å²) in [7, 11) is 1.36. The molecule has 8 heteroatoms. The van der Waals surface area contributed by atoms with Crippen LogP contribution in [0.25, 0.3) is 0 Å². The topological polar surface area (TPSA) is 93.1 Å². The van der Waals surface area contributed by atoms with E-state index in [-0.39, 0.29) is 18.3 Å². The number of hydrogen-bond donors (Lipinski definition) is 1. The fraction of sp³-hybridized carbons (Fsp3) is 0.632. The molecule has 1 atom stereocenters. The number of esters is 1. The van der Waals surface area contributed by atoms with Crippen LogP contribution in [0.15, 0.2) is 6.07 Å². The number of carbonyl (C=O) groups is 1. The van der Waals surface area contributed by atoms with Gasteiger partial charge in [0.15, 0.2) is 0 Å². The lowest BCUT2D eigenvalue weighted by molar-refractivity contribution is -0.140. The van der Waals surface area contributed by atoms with Crippen molar-refractivity contribution in [3.63, 3.8) is 0 Å². The van der Waals surface area contributed by atoms with Crippen molar-refractivity contribution in [2.75, 3.05) is 35.9 Å². The predicted molar refractivity (Wildman–Crippen MR) is 104 cm³/mol. The number of nitrogens with zero attached hydrogens (tertiary/aromatic N) is 2. The molecule has 1 N–H and O–H groups in total. The fourth-order valence-electron chi connectivity index (χ4n) is 4.10. The number of ether oxygens (including phenoxy) is 1. The van der Waals surface area contributed by atoms with E-state index in [1.165, 1.54) is 11.4 Å². The Labute approximate surface area is 162 Å². The van der Waals surface area contributed by atoms with Crippen LogP contribution >= 0.6 is 0 Å². The number of aryl methyl sites for hydroxylation is 1. The lowest BCUT2D eigenvalue weighted by atomic mass is 9.90. The Balaban J connectivity index is 1.76. The van der Waals surface area contributed by atoms with Crippen molar-refractivity contribution >= 4 is 28.6 Å². The van der Waals surface area contributed by atoms with E-state index < -0.39 is 11.3 Å². The van der Waals surface area contributed by atoms with Crippen molar-refractivity contribution in [3.8, 4) is 5.75 Å².